The molecule has 0 aliphatic heterocycles. The number of benzene rings is 2. The number of carbonyl (C=O) groups excluding carboxylic acids is 2. The lowest BCUT2D eigenvalue weighted by Gasteiger charge is -1.96. The van der Waals surface area contributed by atoms with Crippen molar-refractivity contribution in [2.45, 2.75) is 0 Å². The maximum absolute atomic E-state index is 10.2. The van der Waals surface area contributed by atoms with E-state index in [0.717, 1.165) is 21.5 Å². The van der Waals surface area contributed by atoms with Gasteiger partial charge in [0.1, 0.15) is 0 Å². The molecule has 0 saturated heterocycles. The van der Waals surface area contributed by atoms with Crippen molar-refractivity contribution in [2.24, 2.45) is 0 Å². The molecule has 4 nitrogen and oxygen atoms in total. The highest BCUT2D eigenvalue weighted by Crippen LogP contribution is 2.17. The maximum atomic E-state index is 10.2. The van der Waals surface area contributed by atoms with Crippen LogP contribution in [0.25, 0.3) is 0 Å². The highest BCUT2D eigenvalue weighted by molar-refractivity contribution is 9.10. The third-order valence-corrected chi connectivity index (χ3v) is 3.34. The van der Waals surface area contributed by atoms with Gasteiger partial charge in [-0.3, -0.25) is 9.59 Å². The first kappa shape index (κ1) is 16.4. The first-order valence-corrected chi connectivity index (χ1v) is 7.07. The molecule has 0 radical (unpaired) electrons. The Morgan fingerprint density at radius 2 is 1.10 bits per heavy atom. The second-order valence-corrected chi connectivity index (χ2v) is 5.61. The summed E-state index contributed by atoms with van der Waals surface area (Å²) >= 11 is 6.46. The van der Waals surface area contributed by atoms with Gasteiger partial charge < -0.3 is 11.5 Å². The lowest BCUT2D eigenvalue weighted by molar-refractivity contribution is 0.111. The average molecular weight is 400 g/mol. The number of nitrogen functional groups attached to an aromatic ring is 2. The van der Waals surface area contributed by atoms with Gasteiger partial charge in [0.25, 0.3) is 0 Å². The van der Waals surface area contributed by atoms with Crippen LogP contribution in [0.5, 0.6) is 0 Å². The van der Waals surface area contributed by atoms with E-state index in [0.29, 0.717) is 22.5 Å². The first-order valence-electron chi connectivity index (χ1n) is 5.48. The largest absolute Gasteiger partial charge is 0.398 e. The molecule has 6 heteroatoms. The van der Waals surface area contributed by atoms with Crippen LogP contribution >= 0.6 is 31.9 Å². The Morgan fingerprint density at radius 3 is 1.35 bits per heavy atom. The van der Waals surface area contributed by atoms with Crippen molar-refractivity contribution in [3.05, 3.63) is 56.5 Å². The molecule has 0 aliphatic rings. The summed E-state index contributed by atoms with van der Waals surface area (Å²) in [5.41, 5.74) is 13.0. The van der Waals surface area contributed by atoms with Crippen LogP contribution in [-0.2, 0) is 0 Å². The summed E-state index contributed by atoms with van der Waals surface area (Å²) in [6.45, 7) is 0. The highest BCUT2D eigenvalue weighted by Gasteiger charge is 1.96. The molecule has 4 N–H and O–H groups in total. The fourth-order valence-corrected chi connectivity index (χ4v) is 2.06. The normalized spacial score (nSPS) is 9.30. The molecule has 0 atom stereocenters. The van der Waals surface area contributed by atoms with E-state index in [1.807, 2.05) is 0 Å². The number of rotatable bonds is 2. The smallest absolute Gasteiger partial charge is 0.152 e. The van der Waals surface area contributed by atoms with Gasteiger partial charge in [-0.1, -0.05) is 31.9 Å². The zero-order valence-corrected chi connectivity index (χ0v) is 13.5. The molecule has 104 valence electrons. The van der Waals surface area contributed by atoms with Gasteiger partial charge in [0.15, 0.2) is 12.6 Å². The van der Waals surface area contributed by atoms with E-state index in [1.54, 1.807) is 36.4 Å². The minimum Gasteiger partial charge on any atom is -0.398 e. The lowest BCUT2D eigenvalue weighted by Crippen LogP contribution is -1.91. The van der Waals surface area contributed by atoms with Crippen molar-refractivity contribution in [2.75, 3.05) is 11.5 Å². The summed E-state index contributed by atoms with van der Waals surface area (Å²) in [5.74, 6) is 0. The number of hydrogen-bond donors (Lipinski definition) is 2. The zero-order chi connectivity index (χ0) is 15.1. The van der Waals surface area contributed by atoms with Gasteiger partial charge in [0.05, 0.1) is 0 Å². The summed E-state index contributed by atoms with van der Waals surface area (Å²) in [5, 5.41) is 0. The predicted octanol–water partition coefficient (Wildman–Crippen LogP) is 3.69. The molecule has 0 heterocycles. The second-order valence-electron chi connectivity index (χ2n) is 3.78. The van der Waals surface area contributed by atoms with Gasteiger partial charge in [-0.05, 0) is 36.4 Å². The number of hydrogen-bond acceptors (Lipinski definition) is 4. The molecule has 0 amide bonds. The van der Waals surface area contributed by atoms with Crippen molar-refractivity contribution >= 4 is 55.8 Å². The van der Waals surface area contributed by atoms with E-state index in [-0.39, 0.29) is 0 Å². The Hall–Kier alpha value is -1.66. The van der Waals surface area contributed by atoms with Crippen molar-refractivity contribution in [3.63, 3.8) is 0 Å². The second kappa shape index (κ2) is 7.81. The number of halogens is 2. The Bertz CT molecular complexity index is 575. The molecule has 2 rings (SSSR count). The van der Waals surface area contributed by atoms with E-state index < -0.39 is 0 Å². The predicted molar refractivity (Wildman–Crippen MR) is 87.9 cm³/mol. The summed E-state index contributed by atoms with van der Waals surface area (Å²) in [6, 6.07) is 10.3. The van der Waals surface area contributed by atoms with Crippen LogP contribution in [0.4, 0.5) is 11.4 Å². The van der Waals surface area contributed by atoms with Crippen molar-refractivity contribution in [3.8, 4) is 0 Å². The van der Waals surface area contributed by atoms with E-state index in [9.17, 15) is 9.59 Å². The van der Waals surface area contributed by atoms with Gasteiger partial charge in [0.2, 0.25) is 0 Å². The SMILES string of the molecule is Nc1cc(Br)ccc1C=O.Nc1cc(Br)ccc1C=O. The topological polar surface area (TPSA) is 86.2 Å². The van der Waals surface area contributed by atoms with E-state index >= 15 is 0 Å². The van der Waals surface area contributed by atoms with Crippen LogP contribution in [0.2, 0.25) is 0 Å². The number of nitrogens with two attached hydrogens (primary N) is 2. The molecule has 0 aromatic heterocycles. The molecule has 0 unspecified atom stereocenters. The molecule has 20 heavy (non-hydrogen) atoms. The molecule has 0 fully saturated rings. The molecule has 0 spiro atoms. The zero-order valence-electron chi connectivity index (χ0n) is 10.3. The molecule has 0 bridgehead atoms. The van der Waals surface area contributed by atoms with Gasteiger partial charge in [-0.15, -0.1) is 0 Å². The monoisotopic (exact) mass is 398 g/mol. The Morgan fingerprint density at radius 1 is 0.750 bits per heavy atom. The summed E-state index contributed by atoms with van der Waals surface area (Å²) in [7, 11) is 0. The molecule has 2 aromatic carbocycles. The number of aldehydes is 2. The van der Waals surface area contributed by atoms with Crippen molar-refractivity contribution < 1.29 is 9.59 Å². The third-order valence-electron chi connectivity index (χ3n) is 2.35. The van der Waals surface area contributed by atoms with Crippen LogP contribution in [0.3, 0.4) is 0 Å². The van der Waals surface area contributed by atoms with Crippen LogP contribution in [0.1, 0.15) is 20.7 Å². The maximum Gasteiger partial charge on any atom is 0.152 e. The molecule has 0 aliphatic carbocycles. The van der Waals surface area contributed by atoms with Crippen LogP contribution in [0, 0.1) is 0 Å². The molecule has 0 saturated carbocycles. The third kappa shape index (κ3) is 4.79. The van der Waals surface area contributed by atoms with Crippen LogP contribution in [0.15, 0.2) is 45.3 Å². The van der Waals surface area contributed by atoms with Gasteiger partial charge in [0, 0.05) is 31.4 Å². The Balaban J connectivity index is 0.000000200. The van der Waals surface area contributed by atoms with Crippen LogP contribution in [-0.4, -0.2) is 12.6 Å². The minimum absolute atomic E-state index is 0.504. The van der Waals surface area contributed by atoms with E-state index in [2.05, 4.69) is 31.9 Å². The molecule has 2 aromatic rings. The van der Waals surface area contributed by atoms with Crippen molar-refractivity contribution in [1.29, 1.82) is 0 Å². The average Bonchev–Trinajstić information content (AvgIpc) is 2.40. The van der Waals surface area contributed by atoms with Gasteiger partial charge in [-0.2, -0.15) is 0 Å². The van der Waals surface area contributed by atoms with Crippen LogP contribution < -0.4 is 11.5 Å². The summed E-state index contributed by atoms with van der Waals surface area (Å²) in [4.78, 5) is 20.5. The number of anilines is 2. The standard InChI is InChI=1S/2C7H6BrNO/c2*8-6-2-1-5(4-10)7(9)3-6/h2*1-4H,9H2. The van der Waals surface area contributed by atoms with E-state index in [1.165, 1.54) is 0 Å². The fraction of sp³-hybridized carbons (Fsp3) is 0. The lowest BCUT2D eigenvalue weighted by atomic mass is 10.2. The Labute approximate surface area is 133 Å². The van der Waals surface area contributed by atoms with E-state index in [4.69, 9.17) is 11.5 Å². The minimum atomic E-state index is 0.504. The van der Waals surface area contributed by atoms with Gasteiger partial charge in [-0.25, -0.2) is 0 Å². The Kier molecular flexibility index (Phi) is 6.41. The summed E-state index contributed by atoms with van der Waals surface area (Å²) < 4.78 is 1.77. The first-order chi connectivity index (χ1) is 9.47. The van der Waals surface area contributed by atoms with Gasteiger partial charge >= 0.3 is 0 Å². The molecular formula is C14H12Br2N2O2. The molecular weight excluding hydrogens is 388 g/mol. The fourth-order valence-electron chi connectivity index (χ4n) is 1.31. The quantitative estimate of drug-likeness (QED) is 0.595. The summed E-state index contributed by atoms with van der Waals surface area (Å²) in [6.07, 6.45) is 1.48. The highest BCUT2D eigenvalue weighted by atomic mass is 79.9. The van der Waals surface area contributed by atoms with Crippen molar-refractivity contribution in [1.82, 2.24) is 0 Å². The number of carbonyl (C=O) groups is 2.